The SMILES string of the molecule is c1ccc(-c2cc(-c3ccccc3)cc(N3c4cc5c(-c6ccccc6)c6ccccc6c(-c6ccccc6)c5cc4B4c5c(cc(N(c6ccccc6)c6ccccc6)cc53)-c3cc5ccccc5c5c6c7ccccc7ccc6n4c35)c2)cc1. The molecule has 398 valence electrons. The van der Waals surface area contributed by atoms with Gasteiger partial charge in [0.2, 0.25) is 0 Å². The first-order chi connectivity index (χ1) is 42.7. The molecule has 0 spiro atoms. The number of hydrogen-bond acceptors (Lipinski definition) is 2. The molecule has 3 heterocycles. The highest BCUT2D eigenvalue weighted by Gasteiger charge is 2.45. The molecule has 2 aliphatic rings. The Kier molecular flexibility index (Phi) is 10.8. The molecule has 15 aromatic carbocycles. The van der Waals surface area contributed by atoms with Crippen molar-refractivity contribution < 1.29 is 0 Å². The number of rotatable bonds is 8. The van der Waals surface area contributed by atoms with Crippen molar-refractivity contribution >= 4 is 117 Å². The number of hydrogen-bond donors (Lipinski definition) is 0. The quantitative estimate of drug-likeness (QED) is 0.111. The van der Waals surface area contributed by atoms with Crippen LogP contribution in [0.25, 0.3) is 121 Å². The van der Waals surface area contributed by atoms with E-state index in [0.717, 1.165) is 56.4 Å². The van der Waals surface area contributed by atoms with Gasteiger partial charge >= 0.3 is 6.85 Å². The fraction of sp³-hybridized carbons (Fsp3) is 0. The zero-order valence-electron chi connectivity index (χ0n) is 46.9. The first kappa shape index (κ1) is 48.3. The average Bonchev–Trinajstić information content (AvgIpc) is 1.40. The minimum atomic E-state index is -0.261. The predicted octanol–water partition coefficient (Wildman–Crippen LogP) is 21.0. The molecule has 1 aromatic heterocycles. The van der Waals surface area contributed by atoms with E-state index in [1.54, 1.807) is 0 Å². The summed E-state index contributed by atoms with van der Waals surface area (Å²) in [7, 11) is 0. The average molecular weight is 1090 g/mol. The summed E-state index contributed by atoms with van der Waals surface area (Å²) in [5.74, 6) is 0. The Morgan fingerprint density at radius 1 is 0.291 bits per heavy atom. The van der Waals surface area contributed by atoms with Crippen LogP contribution >= 0.6 is 0 Å². The van der Waals surface area contributed by atoms with Crippen LogP contribution in [0.15, 0.2) is 315 Å². The van der Waals surface area contributed by atoms with Crippen molar-refractivity contribution in [2.75, 3.05) is 9.80 Å². The lowest BCUT2D eigenvalue weighted by atomic mass is 9.44. The largest absolute Gasteiger partial charge is 0.375 e. The van der Waals surface area contributed by atoms with Gasteiger partial charge in [0.05, 0.1) is 0 Å². The van der Waals surface area contributed by atoms with Gasteiger partial charge in [0.15, 0.2) is 0 Å². The lowest BCUT2D eigenvalue weighted by Crippen LogP contribution is -2.56. The maximum Gasteiger partial charge on any atom is 0.333 e. The summed E-state index contributed by atoms with van der Waals surface area (Å²) in [5.41, 5.74) is 23.5. The number of benzene rings is 15. The van der Waals surface area contributed by atoms with E-state index < -0.39 is 0 Å². The van der Waals surface area contributed by atoms with E-state index in [2.05, 4.69) is 330 Å². The zero-order chi connectivity index (χ0) is 56.4. The van der Waals surface area contributed by atoms with E-state index >= 15 is 0 Å². The van der Waals surface area contributed by atoms with E-state index in [0.29, 0.717) is 0 Å². The molecule has 4 heteroatoms. The van der Waals surface area contributed by atoms with Crippen molar-refractivity contribution in [3.8, 4) is 55.6 Å². The molecule has 2 aliphatic heterocycles. The molecule has 0 bridgehead atoms. The molecule has 16 aromatic rings. The van der Waals surface area contributed by atoms with Gasteiger partial charge in [-0.25, -0.2) is 0 Å². The van der Waals surface area contributed by atoms with Crippen LogP contribution in [0.4, 0.5) is 34.1 Å². The molecular formula is C82H52BN3. The summed E-state index contributed by atoms with van der Waals surface area (Å²) in [6, 6.07) is 118. The van der Waals surface area contributed by atoms with Gasteiger partial charge < -0.3 is 14.3 Å². The molecule has 18 rings (SSSR count). The predicted molar refractivity (Wildman–Crippen MR) is 366 cm³/mol. The normalized spacial score (nSPS) is 12.4. The highest BCUT2D eigenvalue weighted by atomic mass is 15.2. The summed E-state index contributed by atoms with van der Waals surface area (Å²) in [6.07, 6.45) is 0. The van der Waals surface area contributed by atoms with Crippen LogP contribution in [-0.2, 0) is 0 Å². The second-order valence-electron chi connectivity index (χ2n) is 23.1. The lowest BCUT2D eigenvalue weighted by molar-refractivity contribution is 1.24. The van der Waals surface area contributed by atoms with E-state index in [4.69, 9.17) is 0 Å². The van der Waals surface area contributed by atoms with Crippen LogP contribution in [0.1, 0.15) is 0 Å². The van der Waals surface area contributed by atoms with Crippen molar-refractivity contribution in [3.05, 3.63) is 315 Å². The third-order valence-corrected chi connectivity index (χ3v) is 18.4. The summed E-state index contributed by atoms with van der Waals surface area (Å²) < 4.78 is 2.76. The minimum absolute atomic E-state index is 0.261. The van der Waals surface area contributed by atoms with E-state index in [9.17, 15) is 0 Å². The standard InChI is InChI=1S/C82H52BN3/c1-7-25-53(26-8-1)59-45-60(54-27-9-2-10-28-54)47-63(46-59)85-75-52-70-69(77(56-30-11-3-12-31-56)67-41-23-24-42-68(67)78(70)57-32-13-4-14-33-57)51-73(75)83-81-71(49-64(50-76(81)85)84(61-35-15-5-16-36-61)62-37-17-6-18-38-62)72-48-58-34-20-22-40-66(58)80-79-65-39-21-19-29-55(65)43-44-74(79)86(83)82(72)80/h1-52H. The monoisotopic (exact) mass is 1090 g/mol. The highest BCUT2D eigenvalue weighted by Crippen LogP contribution is 2.54. The minimum Gasteiger partial charge on any atom is -0.375 e. The van der Waals surface area contributed by atoms with Crippen molar-refractivity contribution in [3.63, 3.8) is 0 Å². The van der Waals surface area contributed by atoms with Gasteiger partial charge in [-0.3, -0.25) is 0 Å². The first-order valence-electron chi connectivity index (χ1n) is 29.9. The van der Waals surface area contributed by atoms with Gasteiger partial charge in [-0.1, -0.05) is 243 Å². The Morgan fingerprint density at radius 2 is 0.767 bits per heavy atom. The maximum atomic E-state index is 2.76. The Morgan fingerprint density at radius 3 is 1.34 bits per heavy atom. The Balaban J connectivity index is 1.07. The van der Waals surface area contributed by atoms with Crippen LogP contribution < -0.4 is 20.7 Å². The van der Waals surface area contributed by atoms with Crippen LogP contribution in [0.3, 0.4) is 0 Å². The van der Waals surface area contributed by atoms with Crippen molar-refractivity contribution in [1.82, 2.24) is 4.48 Å². The zero-order valence-corrected chi connectivity index (χ0v) is 46.9. The van der Waals surface area contributed by atoms with Gasteiger partial charge in [0, 0.05) is 61.5 Å². The Hall–Kier alpha value is -11.2. The molecule has 3 nitrogen and oxygen atoms in total. The molecule has 86 heavy (non-hydrogen) atoms. The summed E-state index contributed by atoms with van der Waals surface area (Å²) in [5, 5.41) is 12.4. The second kappa shape index (κ2) is 19.2. The molecule has 0 saturated carbocycles. The van der Waals surface area contributed by atoms with Crippen LogP contribution in [0.5, 0.6) is 0 Å². The van der Waals surface area contributed by atoms with Gasteiger partial charge in [-0.05, 0) is 177 Å². The van der Waals surface area contributed by atoms with Crippen molar-refractivity contribution in [2.24, 2.45) is 0 Å². The number of aromatic nitrogens is 1. The molecule has 0 saturated heterocycles. The van der Waals surface area contributed by atoms with Crippen LogP contribution in [-0.4, -0.2) is 11.3 Å². The van der Waals surface area contributed by atoms with Gasteiger partial charge in [0.1, 0.15) is 0 Å². The maximum absolute atomic E-state index is 2.76. The van der Waals surface area contributed by atoms with E-state index in [1.807, 2.05) is 0 Å². The van der Waals surface area contributed by atoms with Crippen molar-refractivity contribution in [1.29, 1.82) is 0 Å². The van der Waals surface area contributed by atoms with Gasteiger partial charge in [-0.15, -0.1) is 0 Å². The molecule has 0 atom stereocenters. The number of fused-ring (bicyclic) bond motifs is 13. The number of para-hydroxylation sites is 2. The summed E-state index contributed by atoms with van der Waals surface area (Å²) in [4.78, 5) is 5.11. The number of anilines is 6. The smallest absolute Gasteiger partial charge is 0.333 e. The van der Waals surface area contributed by atoms with E-state index in [-0.39, 0.29) is 6.85 Å². The topological polar surface area (TPSA) is 11.4 Å². The molecule has 0 aliphatic carbocycles. The van der Waals surface area contributed by atoms with Crippen LogP contribution in [0.2, 0.25) is 0 Å². The fourth-order valence-electron chi connectivity index (χ4n) is 14.8. The molecule has 0 radical (unpaired) electrons. The molecule has 0 amide bonds. The highest BCUT2D eigenvalue weighted by molar-refractivity contribution is 6.90. The number of nitrogens with zero attached hydrogens (tertiary/aromatic N) is 3. The Bertz CT molecular complexity index is 5300. The Labute approximate surface area is 499 Å². The molecule has 0 fully saturated rings. The van der Waals surface area contributed by atoms with Crippen LogP contribution in [0, 0.1) is 0 Å². The third kappa shape index (κ3) is 7.30. The van der Waals surface area contributed by atoms with Gasteiger partial charge in [0.25, 0.3) is 0 Å². The second-order valence-corrected chi connectivity index (χ2v) is 23.1. The first-order valence-corrected chi connectivity index (χ1v) is 29.9. The lowest BCUT2D eigenvalue weighted by Gasteiger charge is -2.42. The molecule has 0 unspecified atom stereocenters. The summed E-state index contributed by atoms with van der Waals surface area (Å²) in [6.45, 7) is -0.261. The third-order valence-electron chi connectivity index (χ3n) is 18.4. The molecular weight excluding hydrogens is 1040 g/mol. The van der Waals surface area contributed by atoms with Crippen molar-refractivity contribution in [2.45, 2.75) is 0 Å². The van der Waals surface area contributed by atoms with Gasteiger partial charge in [-0.2, -0.15) is 0 Å². The summed E-state index contributed by atoms with van der Waals surface area (Å²) >= 11 is 0. The van der Waals surface area contributed by atoms with E-state index in [1.165, 1.54) is 109 Å². The fourth-order valence-corrected chi connectivity index (χ4v) is 14.8. The molecule has 0 N–H and O–H groups in total.